The van der Waals surface area contributed by atoms with Crippen LogP contribution in [0.1, 0.15) is 52.2 Å². The van der Waals surface area contributed by atoms with Gasteiger partial charge in [-0.15, -0.1) is 0 Å². The molecule has 0 bridgehead atoms. The van der Waals surface area contributed by atoms with E-state index in [-0.39, 0.29) is 30.4 Å². The van der Waals surface area contributed by atoms with Gasteiger partial charge in [-0.05, 0) is 42.0 Å². The van der Waals surface area contributed by atoms with Crippen LogP contribution in [0.4, 0.5) is 0 Å². The van der Waals surface area contributed by atoms with Gasteiger partial charge in [0.15, 0.2) is 6.61 Å². The van der Waals surface area contributed by atoms with Gasteiger partial charge in [-0.25, -0.2) is 0 Å². The highest BCUT2D eigenvalue weighted by atomic mass is 35.5. The number of para-hydroxylation sites is 1. The van der Waals surface area contributed by atoms with Crippen molar-refractivity contribution in [2.75, 3.05) is 13.2 Å². The van der Waals surface area contributed by atoms with E-state index in [9.17, 15) is 9.59 Å². The number of likely N-dealkylation sites (N-methyl/N-ethyl adjacent to an activating group) is 1. The van der Waals surface area contributed by atoms with E-state index in [1.165, 1.54) is 0 Å². The van der Waals surface area contributed by atoms with Crippen molar-refractivity contribution in [3.8, 4) is 5.75 Å². The molecule has 0 radical (unpaired) electrons. The van der Waals surface area contributed by atoms with Crippen molar-refractivity contribution in [3.05, 3.63) is 64.7 Å². The van der Waals surface area contributed by atoms with E-state index in [4.69, 9.17) is 16.3 Å². The lowest BCUT2D eigenvalue weighted by Crippen LogP contribution is -2.50. The Balaban J connectivity index is 2.28. The molecule has 2 amide bonds. The Labute approximate surface area is 190 Å². The summed E-state index contributed by atoms with van der Waals surface area (Å²) in [7, 11) is 0. The first-order valence-corrected chi connectivity index (χ1v) is 11.1. The highest BCUT2D eigenvalue weighted by Gasteiger charge is 2.29. The highest BCUT2D eigenvalue weighted by molar-refractivity contribution is 6.31. The van der Waals surface area contributed by atoms with Gasteiger partial charge < -0.3 is 15.0 Å². The molecule has 168 valence electrons. The summed E-state index contributed by atoms with van der Waals surface area (Å²) in [4.78, 5) is 27.5. The molecular formula is C25H33ClN2O3. The third-order valence-electron chi connectivity index (χ3n) is 5.08. The van der Waals surface area contributed by atoms with Crippen LogP contribution >= 0.6 is 11.6 Å². The Morgan fingerprint density at radius 3 is 2.32 bits per heavy atom. The fourth-order valence-corrected chi connectivity index (χ4v) is 3.65. The first-order chi connectivity index (χ1) is 14.7. The lowest BCUT2D eigenvalue weighted by atomic mass is 9.86. The molecular weight excluding hydrogens is 412 g/mol. The van der Waals surface area contributed by atoms with Gasteiger partial charge in [-0.1, -0.05) is 75.7 Å². The van der Waals surface area contributed by atoms with Gasteiger partial charge >= 0.3 is 0 Å². The number of hydrogen-bond acceptors (Lipinski definition) is 3. The van der Waals surface area contributed by atoms with E-state index in [2.05, 4.69) is 26.1 Å². The highest BCUT2D eigenvalue weighted by Crippen LogP contribution is 2.31. The summed E-state index contributed by atoms with van der Waals surface area (Å²) in [5.74, 6) is 0.231. The van der Waals surface area contributed by atoms with Gasteiger partial charge in [0, 0.05) is 18.1 Å². The lowest BCUT2D eigenvalue weighted by Gasteiger charge is -2.31. The van der Waals surface area contributed by atoms with Crippen LogP contribution in [0.3, 0.4) is 0 Å². The Kier molecular flexibility index (Phi) is 8.93. The molecule has 0 fully saturated rings. The van der Waals surface area contributed by atoms with Crippen LogP contribution < -0.4 is 10.1 Å². The van der Waals surface area contributed by atoms with Gasteiger partial charge in [0.25, 0.3) is 5.91 Å². The van der Waals surface area contributed by atoms with Gasteiger partial charge in [-0.3, -0.25) is 9.59 Å². The average Bonchev–Trinajstić information content (AvgIpc) is 2.73. The molecule has 0 aliphatic rings. The summed E-state index contributed by atoms with van der Waals surface area (Å²) in [5.41, 5.74) is 1.69. The number of hydrogen-bond donors (Lipinski definition) is 1. The molecule has 0 unspecified atom stereocenters. The Morgan fingerprint density at radius 1 is 1.06 bits per heavy atom. The van der Waals surface area contributed by atoms with E-state index in [0.717, 1.165) is 11.1 Å². The number of nitrogens with zero attached hydrogens (tertiary/aromatic N) is 1. The summed E-state index contributed by atoms with van der Waals surface area (Å²) < 4.78 is 5.95. The maximum absolute atomic E-state index is 13.3. The second kappa shape index (κ2) is 11.2. The normalized spacial score (nSPS) is 12.2. The summed E-state index contributed by atoms with van der Waals surface area (Å²) in [6, 6.07) is 14.5. The van der Waals surface area contributed by atoms with Gasteiger partial charge in [0.05, 0.1) is 0 Å². The number of amides is 2. The van der Waals surface area contributed by atoms with E-state index < -0.39 is 6.04 Å². The third-order valence-corrected chi connectivity index (χ3v) is 5.45. The predicted octanol–water partition coefficient (Wildman–Crippen LogP) is 4.96. The van der Waals surface area contributed by atoms with Crippen molar-refractivity contribution in [3.63, 3.8) is 0 Å². The molecule has 0 aliphatic carbocycles. The number of benzene rings is 2. The van der Waals surface area contributed by atoms with E-state index >= 15 is 0 Å². The van der Waals surface area contributed by atoms with Crippen LogP contribution in [0.15, 0.2) is 48.5 Å². The molecule has 0 saturated carbocycles. The molecule has 2 aromatic carbocycles. The molecule has 2 rings (SSSR count). The summed E-state index contributed by atoms with van der Waals surface area (Å²) >= 11 is 6.34. The average molecular weight is 445 g/mol. The van der Waals surface area contributed by atoms with Crippen LogP contribution in [0.25, 0.3) is 0 Å². The van der Waals surface area contributed by atoms with Crippen molar-refractivity contribution < 1.29 is 14.3 Å². The SMILES string of the molecule is CCNC(=O)[C@@H](CC)N(Cc1ccccc1Cl)C(=O)COc1ccccc1C(C)(C)C. The maximum atomic E-state index is 13.3. The third kappa shape index (κ3) is 6.73. The number of rotatable bonds is 9. The van der Waals surface area contributed by atoms with Crippen LogP contribution in [0.5, 0.6) is 5.75 Å². The minimum Gasteiger partial charge on any atom is -0.483 e. The molecule has 1 N–H and O–H groups in total. The fourth-order valence-electron chi connectivity index (χ4n) is 3.46. The predicted molar refractivity (Wildman–Crippen MR) is 125 cm³/mol. The van der Waals surface area contributed by atoms with Crippen molar-refractivity contribution in [1.29, 1.82) is 0 Å². The molecule has 6 heteroatoms. The number of carbonyl (C=O) groups is 2. The zero-order valence-corrected chi connectivity index (χ0v) is 19.8. The molecule has 0 aliphatic heterocycles. The molecule has 0 saturated heterocycles. The number of nitrogens with one attached hydrogen (secondary N) is 1. The van der Waals surface area contributed by atoms with E-state index in [1.54, 1.807) is 11.0 Å². The lowest BCUT2D eigenvalue weighted by molar-refractivity contribution is -0.142. The van der Waals surface area contributed by atoms with Crippen LogP contribution in [0, 0.1) is 0 Å². The Morgan fingerprint density at radius 2 is 1.71 bits per heavy atom. The monoisotopic (exact) mass is 444 g/mol. The van der Waals surface area contributed by atoms with Gasteiger partial charge in [-0.2, -0.15) is 0 Å². The Bertz CT molecular complexity index is 892. The zero-order chi connectivity index (χ0) is 23.0. The Hall–Kier alpha value is -2.53. The van der Waals surface area contributed by atoms with E-state index in [0.29, 0.717) is 23.7 Å². The van der Waals surface area contributed by atoms with Crippen LogP contribution in [-0.2, 0) is 21.5 Å². The summed E-state index contributed by atoms with van der Waals surface area (Å²) in [5, 5.41) is 3.39. The van der Waals surface area contributed by atoms with Crippen molar-refractivity contribution in [1.82, 2.24) is 10.2 Å². The maximum Gasteiger partial charge on any atom is 0.261 e. The fraction of sp³-hybridized carbons (Fsp3) is 0.440. The van der Waals surface area contributed by atoms with Crippen molar-refractivity contribution in [2.45, 2.75) is 59.0 Å². The summed E-state index contributed by atoms with van der Waals surface area (Å²) in [6.07, 6.45) is 0.487. The van der Waals surface area contributed by atoms with Crippen LogP contribution in [0.2, 0.25) is 5.02 Å². The molecule has 31 heavy (non-hydrogen) atoms. The van der Waals surface area contributed by atoms with E-state index in [1.807, 2.05) is 56.3 Å². The zero-order valence-electron chi connectivity index (χ0n) is 19.1. The molecule has 2 aromatic rings. The van der Waals surface area contributed by atoms with Gasteiger partial charge in [0.1, 0.15) is 11.8 Å². The minimum absolute atomic E-state index is 0.121. The topological polar surface area (TPSA) is 58.6 Å². The van der Waals surface area contributed by atoms with Crippen molar-refractivity contribution in [2.24, 2.45) is 0 Å². The number of carbonyl (C=O) groups excluding carboxylic acids is 2. The van der Waals surface area contributed by atoms with Crippen LogP contribution in [-0.4, -0.2) is 35.9 Å². The standard InChI is InChI=1S/C25H33ClN2O3/c1-6-21(24(30)27-7-2)28(16-18-12-8-10-14-20(18)26)23(29)17-31-22-15-11-9-13-19(22)25(3,4)5/h8-15,21H,6-7,16-17H2,1-5H3,(H,27,30)/t21-/m1/s1. The largest absolute Gasteiger partial charge is 0.483 e. The second-order valence-corrected chi connectivity index (χ2v) is 8.87. The number of halogens is 1. The number of ether oxygens (including phenoxy) is 1. The second-order valence-electron chi connectivity index (χ2n) is 8.47. The summed E-state index contributed by atoms with van der Waals surface area (Å²) in [6.45, 7) is 10.6. The molecule has 0 heterocycles. The quantitative estimate of drug-likeness (QED) is 0.594. The first kappa shape index (κ1) is 24.7. The van der Waals surface area contributed by atoms with Gasteiger partial charge in [0.2, 0.25) is 5.91 Å². The minimum atomic E-state index is -0.606. The molecule has 0 spiro atoms. The molecule has 0 aromatic heterocycles. The first-order valence-electron chi connectivity index (χ1n) is 10.7. The smallest absolute Gasteiger partial charge is 0.261 e. The molecule has 5 nitrogen and oxygen atoms in total. The molecule has 1 atom stereocenters. The van der Waals surface area contributed by atoms with Crippen molar-refractivity contribution >= 4 is 23.4 Å².